The summed E-state index contributed by atoms with van der Waals surface area (Å²) in [5.74, 6) is 0.680. The monoisotopic (exact) mass is 447 g/mol. The minimum Gasteiger partial charge on any atom is -0.352 e. The Bertz CT molecular complexity index is 629. The first-order valence-electron chi connectivity index (χ1n) is 7.29. The number of likely N-dealkylation sites (N-methyl/N-ethyl adjacent to an activating group) is 1. The number of aryl methyl sites for hydroxylation is 1. The molecule has 0 radical (unpaired) electrons. The maximum absolute atomic E-state index is 13.3. The standard InChI is InChI=1S/C17H22FN3S.HI/c1-13-11-14(6-7-16(13)18)12-20-17(19-2)21(3)9-8-15-5-4-10-22-15;/h4-7,10-11H,8-9,12H2,1-3H3,(H,19,20);1H. The summed E-state index contributed by atoms with van der Waals surface area (Å²) in [4.78, 5) is 7.78. The molecule has 1 heterocycles. The molecule has 6 heteroatoms. The van der Waals surface area contributed by atoms with E-state index in [4.69, 9.17) is 0 Å². The van der Waals surface area contributed by atoms with Crippen molar-refractivity contribution in [1.82, 2.24) is 10.2 Å². The zero-order chi connectivity index (χ0) is 15.9. The molecule has 0 aliphatic heterocycles. The lowest BCUT2D eigenvalue weighted by Gasteiger charge is -2.22. The second-order valence-electron chi connectivity index (χ2n) is 5.24. The van der Waals surface area contributed by atoms with E-state index in [-0.39, 0.29) is 29.8 Å². The Morgan fingerprint density at radius 1 is 1.35 bits per heavy atom. The largest absolute Gasteiger partial charge is 0.352 e. The van der Waals surface area contributed by atoms with Crippen LogP contribution < -0.4 is 5.32 Å². The van der Waals surface area contributed by atoms with Gasteiger partial charge in [-0.05, 0) is 42.0 Å². The lowest BCUT2D eigenvalue weighted by Crippen LogP contribution is -2.39. The van der Waals surface area contributed by atoms with Crippen molar-refractivity contribution in [2.45, 2.75) is 19.9 Å². The van der Waals surface area contributed by atoms with Gasteiger partial charge in [0.05, 0.1) is 0 Å². The fourth-order valence-electron chi connectivity index (χ4n) is 2.22. The van der Waals surface area contributed by atoms with Crippen LogP contribution in [0, 0.1) is 12.7 Å². The molecule has 23 heavy (non-hydrogen) atoms. The number of benzene rings is 1. The van der Waals surface area contributed by atoms with Crippen molar-refractivity contribution in [3.05, 3.63) is 57.5 Å². The summed E-state index contributed by atoms with van der Waals surface area (Å²) in [6, 6.07) is 9.39. The number of hydrogen-bond acceptors (Lipinski definition) is 2. The molecule has 2 rings (SSSR count). The van der Waals surface area contributed by atoms with Crippen LogP contribution in [0.15, 0.2) is 40.7 Å². The van der Waals surface area contributed by atoms with E-state index in [0.717, 1.165) is 24.5 Å². The van der Waals surface area contributed by atoms with Crippen LogP contribution in [0.25, 0.3) is 0 Å². The zero-order valence-electron chi connectivity index (χ0n) is 13.7. The third-order valence-corrected chi connectivity index (χ3v) is 4.46. The number of nitrogens with zero attached hydrogens (tertiary/aromatic N) is 2. The molecule has 1 N–H and O–H groups in total. The van der Waals surface area contributed by atoms with Crippen LogP contribution in [0.3, 0.4) is 0 Å². The number of hydrogen-bond donors (Lipinski definition) is 1. The van der Waals surface area contributed by atoms with Crippen molar-refractivity contribution in [2.75, 3.05) is 20.6 Å². The molecule has 3 nitrogen and oxygen atoms in total. The number of nitrogens with one attached hydrogen (secondary N) is 1. The van der Waals surface area contributed by atoms with Crippen LogP contribution in [-0.4, -0.2) is 31.5 Å². The van der Waals surface area contributed by atoms with Crippen LogP contribution in [0.5, 0.6) is 0 Å². The number of guanidine groups is 1. The van der Waals surface area contributed by atoms with Gasteiger partial charge in [0, 0.05) is 32.1 Å². The molecule has 0 aliphatic rings. The average Bonchev–Trinajstić information content (AvgIpc) is 3.02. The maximum Gasteiger partial charge on any atom is 0.193 e. The molecule has 0 aliphatic carbocycles. The molecule has 0 saturated carbocycles. The highest BCUT2D eigenvalue weighted by Gasteiger charge is 2.07. The van der Waals surface area contributed by atoms with Crippen molar-refractivity contribution >= 4 is 41.3 Å². The highest BCUT2D eigenvalue weighted by molar-refractivity contribution is 14.0. The SMILES string of the molecule is CN=C(NCc1ccc(F)c(C)c1)N(C)CCc1cccs1.I. The van der Waals surface area contributed by atoms with Crippen LogP contribution in [0.1, 0.15) is 16.0 Å². The first-order valence-corrected chi connectivity index (χ1v) is 8.17. The predicted molar refractivity (Wildman–Crippen MR) is 107 cm³/mol. The van der Waals surface area contributed by atoms with Crippen molar-refractivity contribution in [2.24, 2.45) is 4.99 Å². The normalized spacial score (nSPS) is 11.0. The Hall–Kier alpha value is -1.15. The number of aliphatic imine (C=N–C) groups is 1. The molecule has 1 aromatic carbocycles. The Balaban J connectivity index is 0.00000264. The second-order valence-corrected chi connectivity index (χ2v) is 6.27. The molecule has 126 valence electrons. The molecule has 0 atom stereocenters. The van der Waals surface area contributed by atoms with Crippen LogP contribution >= 0.6 is 35.3 Å². The molecule has 0 saturated heterocycles. The van der Waals surface area contributed by atoms with Gasteiger partial charge in [-0.25, -0.2) is 4.39 Å². The summed E-state index contributed by atoms with van der Waals surface area (Å²) in [6.45, 7) is 3.32. The number of rotatable bonds is 5. The van der Waals surface area contributed by atoms with Crippen molar-refractivity contribution in [1.29, 1.82) is 0 Å². The topological polar surface area (TPSA) is 27.6 Å². The molecule has 0 spiro atoms. The summed E-state index contributed by atoms with van der Waals surface area (Å²) in [7, 11) is 3.80. The molecule has 2 aromatic rings. The van der Waals surface area contributed by atoms with Gasteiger partial charge < -0.3 is 10.2 Å². The van der Waals surface area contributed by atoms with E-state index in [2.05, 4.69) is 32.7 Å². The van der Waals surface area contributed by atoms with Gasteiger partial charge in [0.25, 0.3) is 0 Å². The maximum atomic E-state index is 13.3. The number of halogens is 2. The van der Waals surface area contributed by atoms with E-state index < -0.39 is 0 Å². The summed E-state index contributed by atoms with van der Waals surface area (Å²) in [6.07, 6.45) is 1.00. The third-order valence-electron chi connectivity index (χ3n) is 3.52. The van der Waals surface area contributed by atoms with Gasteiger partial charge in [-0.15, -0.1) is 35.3 Å². The Labute approximate surface area is 158 Å². The van der Waals surface area contributed by atoms with Gasteiger partial charge in [0.2, 0.25) is 0 Å². The molecule has 0 fully saturated rings. The first-order chi connectivity index (χ1) is 10.6. The van der Waals surface area contributed by atoms with E-state index >= 15 is 0 Å². The van der Waals surface area contributed by atoms with E-state index in [9.17, 15) is 4.39 Å². The second kappa shape index (κ2) is 9.87. The van der Waals surface area contributed by atoms with Gasteiger partial charge >= 0.3 is 0 Å². The van der Waals surface area contributed by atoms with Crippen LogP contribution in [0.4, 0.5) is 4.39 Å². The molecule has 0 bridgehead atoms. The van der Waals surface area contributed by atoms with Gasteiger partial charge in [-0.1, -0.05) is 18.2 Å². The van der Waals surface area contributed by atoms with E-state index in [1.165, 1.54) is 10.9 Å². The van der Waals surface area contributed by atoms with Gasteiger partial charge in [0.1, 0.15) is 5.82 Å². The Kier molecular flexibility index (Phi) is 8.54. The fourth-order valence-corrected chi connectivity index (χ4v) is 2.92. The van der Waals surface area contributed by atoms with E-state index in [1.54, 1.807) is 31.4 Å². The highest BCUT2D eigenvalue weighted by Crippen LogP contribution is 2.10. The lowest BCUT2D eigenvalue weighted by molar-refractivity contribution is 0.486. The molecule has 0 amide bonds. The molecular formula is C17H23FIN3S. The predicted octanol–water partition coefficient (Wildman–Crippen LogP) is 4.06. The van der Waals surface area contributed by atoms with Crippen molar-refractivity contribution < 1.29 is 4.39 Å². The van der Waals surface area contributed by atoms with Crippen LogP contribution in [0.2, 0.25) is 0 Å². The molecule has 0 unspecified atom stereocenters. The summed E-state index contributed by atoms with van der Waals surface area (Å²) in [5, 5.41) is 5.42. The van der Waals surface area contributed by atoms with Gasteiger partial charge in [-0.2, -0.15) is 0 Å². The zero-order valence-corrected chi connectivity index (χ0v) is 16.8. The summed E-state index contributed by atoms with van der Waals surface area (Å²) in [5.41, 5.74) is 1.71. The van der Waals surface area contributed by atoms with E-state index in [1.807, 2.05) is 13.1 Å². The quantitative estimate of drug-likeness (QED) is 0.425. The lowest BCUT2D eigenvalue weighted by atomic mass is 10.1. The van der Waals surface area contributed by atoms with E-state index in [0.29, 0.717) is 12.1 Å². The fraction of sp³-hybridized carbons (Fsp3) is 0.353. The summed E-state index contributed by atoms with van der Waals surface area (Å²) >= 11 is 1.77. The molecule has 1 aromatic heterocycles. The number of thiophene rings is 1. The van der Waals surface area contributed by atoms with Gasteiger partial charge in [-0.3, -0.25) is 4.99 Å². The minimum atomic E-state index is -0.166. The third kappa shape index (κ3) is 6.10. The average molecular weight is 447 g/mol. The smallest absolute Gasteiger partial charge is 0.193 e. The van der Waals surface area contributed by atoms with Crippen molar-refractivity contribution in [3.63, 3.8) is 0 Å². The van der Waals surface area contributed by atoms with Gasteiger partial charge in [0.15, 0.2) is 5.96 Å². The summed E-state index contributed by atoms with van der Waals surface area (Å²) < 4.78 is 13.3. The Morgan fingerprint density at radius 2 is 2.13 bits per heavy atom. The highest BCUT2D eigenvalue weighted by atomic mass is 127. The minimum absolute atomic E-state index is 0. The van der Waals surface area contributed by atoms with Crippen LogP contribution in [-0.2, 0) is 13.0 Å². The molecular weight excluding hydrogens is 424 g/mol. The Morgan fingerprint density at radius 3 is 2.74 bits per heavy atom. The first kappa shape index (κ1) is 19.9. The van der Waals surface area contributed by atoms with Crippen molar-refractivity contribution in [3.8, 4) is 0 Å².